The summed E-state index contributed by atoms with van der Waals surface area (Å²) in [4.78, 5) is 11.6. The Hall–Kier alpha value is -1.91. The molecule has 0 saturated heterocycles. The molecule has 1 rings (SSSR count). The number of rotatable bonds is 4. The summed E-state index contributed by atoms with van der Waals surface area (Å²) in [7, 11) is -3.03. The van der Waals surface area contributed by atoms with Gasteiger partial charge in [-0.3, -0.25) is 4.55 Å². The lowest BCUT2D eigenvalue weighted by atomic mass is 9.84. The van der Waals surface area contributed by atoms with Crippen LogP contribution in [0, 0.1) is 11.3 Å². The van der Waals surface area contributed by atoms with Crippen molar-refractivity contribution in [3.8, 4) is 6.07 Å². The van der Waals surface area contributed by atoms with Gasteiger partial charge in [-0.05, 0) is 37.1 Å². The average molecular weight is 297 g/mol. The van der Waals surface area contributed by atoms with Crippen molar-refractivity contribution in [2.24, 2.45) is 0 Å². The van der Waals surface area contributed by atoms with Gasteiger partial charge < -0.3 is 4.74 Å². The molecule has 1 aromatic rings. The highest BCUT2D eigenvalue weighted by Gasteiger charge is 2.23. The van der Waals surface area contributed by atoms with E-state index in [1.54, 1.807) is 13.8 Å². The number of benzene rings is 1. The van der Waals surface area contributed by atoms with Crippen LogP contribution in [0.5, 0.6) is 0 Å². The minimum absolute atomic E-state index is 0.131. The normalized spacial score (nSPS) is 11.8. The van der Waals surface area contributed by atoms with Crippen LogP contribution in [-0.4, -0.2) is 26.0 Å². The van der Waals surface area contributed by atoms with Crippen LogP contribution in [0.2, 0.25) is 0 Å². The zero-order valence-electron chi connectivity index (χ0n) is 11.4. The maximum absolute atomic E-state index is 11.6. The van der Waals surface area contributed by atoms with Gasteiger partial charge in [-0.2, -0.15) is 13.7 Å². The number of ether oxygens (including phenoxy) is 1. The molecule has 0 fully saturated rings. The van der Waals surface area contributed by atoms with Crippen molar-refractivity contribution in [3.05, 3.63) is 34.9 Å². The third-order valence-corrected chi connectivity index (χ3v) is 3.46. The van der Waals surface area contributed by atoms with E-state index in [-0.39, 0.29) is 11.1 Å². The molecule has 6 nitrogen and oxygen atoms in total. The van der Waals surface area contributed by atoms with Crippen molar-refractivity contribution < 1.29 is 22.5 Å². The number of carbonyl (C=O) groups excluding carboxylic acids is 1. The molecule has 1 N–H and O–H groups in total. The Kier molecular flexibility index (Phi) is 4.53. The summed E-state index contributed by atoms with van der Waals surface area (Å²) in [6.45, 7) is 3.28. The zero-order valence-corrected chi connectivity index (χ0v) is 12.2. The van der Waals surface area contributed by atoms with Crippen LogP contribution in [0.1, 0.15) is 35.3 Å². The molecule has 0 spiro atoms. The van der Waals surface area contributed by atoms with Crippen LogP contribution in [0.3, 0.4) is 0 Å². The lowest BCUT2D eigenvalue weighted by Gasteiger charge is -2.18. The number of hydrogen-bond acceptors (Lipinski definition) is 5. The summed E-state index contributed by atoms with van der Waals surface area (Å²) in [5.41, 5.74) is -0.0832. The van der Waals surface area contributed by atoms with E-state index >= 15 is 0 Å². The molecule has 0 atom stereocenters. The van der Waals surface area contributed by atoms with Crippen molar-refractivity contribution in [1.29, 1.82) is 5.26 Å². The summed E-state index contributed by atoms with van der Waals surface area (Å²) < 4.78 is 35.4. The minimum atomic E-state index is -4.23. The molecule has 0 saturated carbocycles. The third-order valence-electron chi connectivity index (χ3n) is 2.76. The molecule has 0 aliphatic carbocycles. The first-order valence-electron chi connectivity index (χ1n) is 5.68. The first kappa shape index (κ1) is 16.1. The number of nitriles is 1. The largest absolute Gasteiger partial charge is 0.465 e. The zero-order chi connectivity index (χ0) is 15.6. The van der Waals surface area contributed by atoms with Gasteiger partial charge in [-0.25, -0.2) is 4.79 Å². The average Bonchev–Trinajstić information content (AvgIpc) is 2.35. The summed E-state index contributed by atoms with van der Waals surface area (Å²) in [5, 5.41) is 9.12. The Morgan fingerprint density at radius 2 is 2.00 bits per heavy atom. The first-order valence-corrected chi connectivity index (χ1v) is 7.29. The molecule has 0 heterocycles. The van der Waals surface area contributed by atoms with Gasteiger partial charge >= 0.3 is 5.97 Å². The molecule has 0 aliphatic heterocycles. The van der Waals surface area contributed by atoms with E-state index < -0.39 is 27.3 Å². The van der Waals surface area contributed by atoms with E-state index in [2.05, 4.69) is 10.8 Å². The molecule has 7 heteroatoms. The predicted octanol–water partition coefficient (Wildman–Crippen LogP) is 1.66. The number of esters is 1. The molecule has 20 heavy (non-hydrogen) atoms. The molecule has 0 radical (unpaired) electrons. The van der Waals surface area contributed by atoms with E-state index in [1.165, 1.54) is 25.3 Å². The van der Waals surface area contributed by atoms with Gasteiger partial charge in [0.25, 0.3) is 10.1 Å². The molecular weight excluding hydrogens is 282 g/mol. The molecule has 0 aliphatic rings. The monoisotopic (exact) mass is 297 g/mol. The lowest BCUT2D eigenvalue weighted by molar-refractivity contribution is 0.0600. The van der Waals surface area contributed by atoms with Crippen molar-refractivity contribution in [2.75, 3.05) is 7.11 Å². The Morgan fingerprint density at radius 1 is 1.40 bits per heavy atom. The van der Waals surface area contributed by atoms with Crippen LogP contribution in [0.25, 0.3) is 0 Å². The van der Waals surface area contributed by atoms with Crippen LogP contribution in [-0.2, 0) is 26.0 Å². The lowest BCUT2D eigenvalue weighted by Crippen LogP contribution is -2.16. The number of carbonyl (C=O) groups is 1. The van der Waals surface area contributed by atoms with E-state index in [0.29, 0.717) is 5.56 Å². The number of hydrogen-bond donors (Lipinski definition) is 1. The highest BCUT2D eigenvalue weighted by atomic mass is 32.2. The third kappa shape index (κ3) is 4.05. The molecule has 0 aromatic heterocycles. The molecule has 0 unspecified atom stereocenters. The first-order chi connectivity index (χ1) is 9.09. The summed E-state index contributed by atoms with van der Waals surface area (Å²) >= 11 is 0. The highest BCUT2D eigenvalue weighted by molar-refractivity contribution is 7.85. The van der Waals surface area contributed by atoms with Gasteiger partial charge in [-0.15, -0.1) is 0 Å². The number of nitrogens with zero attached hydrogens (tertiary/aromatic N) is 1. The predicted molar refractivity (Wildman–Crippen MR) is 71.7 cm³/mol. The fraction of sp³-hybridized carbons (Fsp3) is 0.385. The smallest absolute Gasteiger partial charge is 0.337 e. The second-order valence-corrected chi connectivity index (χ2v) is 6.33. The van der Waals surface area contributed by atoms with Crippen LogP contribution in [0.4, 0.5) is 0 Å². The quantitative estimate of drug-likeness (QED) is 0.669. The van der Waals surface area contributed by atoms with Crippen molar-refractivity contribution in [2.45, 2.75) is 25.0 Å². The Bertz CT molecular complexity index is 670. The van der Waals surface area contributed by atoms with Crippen molar-refractivity contribution >= 4 is 16.1 Å². The second-order valence-electron chi connectivity index (χ2n) is 4.87. The van der Waals surface area contributed by atoms with Gasteiger partial charge in [-0.1, -0.05) is 6.07 Å². The Morgan fingerprint density at radius 3 is 2.45 bits per heavy atom. The maximum Gasteiger partial charge on any atom is 0.337 e. The van der Waals surface area contributed by atoms with E-state index in [1.807, 2.05) is 0 Å². The second kappa shape index (κ2) is 5.61. The van der Waals surface area contributed by atoms with Crippen LogP contribution >= 0.6 is 0 Å². The minimum Gasteiger partial charge on any atom is -0.465 e. The van der Waals surface area contributed by atoms with Gasteiger partial charge in [0.15, 0.2) is 0 Å². The summed E-state index contributed by atoms with van der Waals surface area (Å²) in [5.74, 6) is -1.27. The van der Waals surface area contributed by atoms with Gasteiger partial charge in [0.2, 0.25) is 0 Å². The molecule has 108 valence electrons. The van der Waals surface area contributed by atoms with Crippen molar-refractivity contribution in [1.82, 2.24) is 0 Å². The number of methoxy groups -OCH3 is 1. The van der Waals surface area contributed by atoms with Gasteiger partial charge in [0, 0.05) is 0 Å². The Labute approximate surface area is 117 Å². The maximum atomic E-state index is 11.6. The van der Waals surface area contributed by atoms with E-state index in [9.17, 15) is 13.2 Å². The Balaban J connectivity index is 3.44. The highest BCUT2D eigenvalue weighted by Crippen LogP contribution is 2.25. The summed E-state index contributed by atoms with van der Waals surface area (Å²) in [6.07, 6.45) is 0. The molecular formula is C13H15NO5S. The molecule has 0 bridgehead atoms. The fourth-order valence-electron chi connectivity index (χ4n) is 1.65. The fourth-order valence-corrected chi connectivity index (χ4v) is 2.23. The van der Waals surface area contributed by atoms with E-state index in [4.69, 9.17) is 9.81 Å². The van der Waals surface area contributed by atoms with Crippen LogP contribution < -0.4 is 0 Å². The summed E-state index contributed by atoms with van der Waals surface area (Å²) in [6, 6.07) is 6.33. The molecule has 0 amide bonds. The molecule has 1 aromatic carbocycles. The van der Waals surface area contributed by atoms with Crippen LogP contribution in [0.15, 0.2) is 18.2 Å². The SMILES string of the molecule is COC(=O)c1cc(CS(=O)(=O)O)cc(C(C)(C)C#N)c1. The topological polar surface area (TPSA) is 104 Å². The standard InChI is InChI=1S/C13H15NO5S/c1-13(2,8-14)11-5-9(7-20(16,17)18)4-10(6-11)12(15)19-3/h4-6H,7H2,1-3H3,(H,16,17,18). The van der Waals surface area contributed by atoms with Gasteiger partial charge in [0.05, 0.1) is 24.2 Å². The van der Waals surface area contributed by atoms with E-state index in [0.717, 1.165) is 0 Å². The van der Waals surface area contributed by atoms with Crippen molar-refractivity contribution in [3.63, 3.8) is 0 Å². The van der Waals surface area contributed by atoms with Gasteiger partial charge in [0.1, 0.15) is 5.75 Å².